The Hall–Kier alpha value is -3.68. The van der Waals surface area contributed by atoms with Crippen LogP contribution in [0.15, 0.2) is 58.5 Å². The monoisotopic (exact) mass is 628 g/mol. The van der Waals surface area contributed by atoms with Gasteiger partial charge in [0.15, 0.2) is 5.65 Å². The Labute approximate surface area is 254 Å². The van der Waals surface area contributed by atoms with Gasteiger partial charge in [0.25, 0.3) is 15.6 Å². The van der Waals surface area contributed by atoms with E-state index in [4.69, 9.17) is 11.6 Å². The number of hydrogen-bond donors (Lipinski definition) is 2. The van der Waals surface area contributed by atoms with Gasteiger partial charge in [-0.25, -0.2) is 27.8 Å². The molecule has 0 amide bonds. The number of pyridine rings is 1. The van der Waals surface area contributed by atoms with Gasteiger partial charge in [0.1, 0.15) is 28.6 Å². The van der Waals surface area contributed by atoms with Crippen LogP contribution in [-0.2, 0) is 10.0 Å². The number of rotatable bonds is 10. The zero-order valence-electron chi connectivity index (χ0n) is 24.2. The summed E-state index contributed by atoms with van der Waals surface area (Å²) in [7, 11) is -2.00. The second kappa shape index (κ2) is 12.9. The fraction of sp³-hybridized carbons (Fsp3) is 0.414. The van der Waals surface area contributed by atoms with Crippen molar-refractivity contribution in [3.8, 4) is 11.3 Å². The maximum absolute atomic E-state index is 13.6. The van der Waals surface area contributed by atoms with Crippen LogP contribution in [0.2, 0.25) is 5.02 Å². The van der Waals surface area contributed by atoms with Gasteiger partial charge >= 0.3 is 0 Å². The maximum Gasteiger partial charge on any atom is 0.279 e. The number of hydrogen-bond acceptors (Lipinski definition) is 9. The average Bonchev–Trinajstić information content (AvgIpc) is 2.97. The smallest absolute Gasteiger partial charge is 0.279 e. The van der Waals surface area contributed by atoms with E-state index >= 15 is 0 Å². The molecule has 1 aromatic carbocycles. The van der Waals surface area contributed by atoms with Gasteiger partial charge in [0.2, 0.25) is 5.95 Å². The Balaban J connectivity index is 1.37. The summed E-state index contributed by atoms with van der Waals surface area (Å²) in [5.74, 6) is 0.490. The van der Waals surface area contributed by atoms with Gasteiger partial charge in [-0.1, -0.05) is 23.7 Å². The fourth-order valence-corrected chi connectivity index (χ4v) is 6.88. The molecule has 3 heterocycles. The quantitative estimate of drug-likeness (QED) is 0.251. The highest BCUT2D eigenvalue weighted by Gasteiger charge is 2.25. The lowest BCUT2D eigenvalue weighted by Gasteiger charge is -2.34. The Morgan fingerprint density at radius 3 is 2.47 bits per heavy atom. The van der Waals surface area contributed by atoms with Crippen LogP contribution in [0, 0.1) is 0 Å². The summed E-state index contributed by atoms with van der Waals surface area (Å²) < 4.78 is 42.3. The van der Waals surface area contributed by atoms with Gasteiger partial charge in [0.05, 0.1) is 11.2 Å². The van der Waals surface area contributed by atoms with Crippen LogP contribution in [-0.4, -0.2) is 70.2 Å². The van der Waals surface area contributed by atoms with E-state index in [9.17, 15) is 17.6 Å². The van der Waals surface area contributed by atoms with E-state index in [0.29, 0.717) is 35.3 Å². The number of nitrogens with one attached hydrogen (secondary N) is 2. The molecule has 0 saturated heterocycles. The topological polar surface area (TPSA) is 135 Å². The van der Waals surface area contributed by atoms with E-state index < -0.39 is 10.0 Å². The largest absolute Gasteiger partial charge is 0.351 e. The van der Waals surface area contributed by atoms with Crippen LogP contribution in [0.25, 0.3) is 22.4 Å². The van der Waals surface area contributed by atoms with E-state index in [2.05, 4.69) is 34.9 Å². The molecule has 228 valence electrons. The maximum atomic E-state index is 13.6. The standard InChI is InChI=1S/C29H34ClFN8O3S/c1-18(2)39-27-23(17-33-29(36-27)34-20-9-11-21(12-10-20)38(3)15-14-31)35-26(28(39)40)19-8-13-25(32-16-19)37-43(41,42)24-7-5-4-6-22(24)30/h4-8,13,16-18,20-21H,9-12,14-15H2,1-3H3,(H,32,37)(H,33,34,36). The van der Waals surface area contributed by atoms with Crippen LogP contribution in [0.3, 0.4) is 0 Å². The molecule has 1 aliphatic carbocycles. The summed E-state index contributed by atoms with van der Waals surface area (Å²) >= 11 is 6.06. The van der Waals surface area contributed by atoms with Crippen LogP contribution in [0.5, 0.6) is 0 Å². The molecule has 3 aromatic heterocycles. The van der Waals surface area contributed by atoms with Crippen LogP contribution >= 0.6 is 11.6 Å². The molecule has 0 unspecified atom stereocenters. The summed E-state index contributed by atoms with van der Waals surface area (Å²) in [6.45, 7) is 3.88. The number of aromatic nitrogens is 5. The fourth-order valence-electron chi connectivity index (χ4n) is 5.35. The van der Waals surface area contributed by atoms with Gasteiger partial charge in [-0.15, -0.1) is 0 Å². The molecule has 14 heteroatoms. The first kappa shape index (κ1) is 30.8. The summed E-state index contributed by atoms with van der Waals surface area (Å²) in [6, 6.07) is 9.46. The van der Waals surface area contributed by atoms with E-state index in [1.54, 1.807) is 29.0 Å². The number of alkyl halides is 1. The van der Waals surface area contributed by atoms with Crippen LogP contribution in [0.4, 0.5) is 16.2 Å². The molecule has 0 radical (unpaired) electrons. The average molecular weight is 629 g/mol. The van der Waals surface area contributed by atoms with Crippen LogP contribution < -0.4 is 15.6 Å². The third-order valence-electron chi connectivity index (χ3n) is 7.64. The minimum atomic E-state index is -3.96. The second-order valence-electron chi connectivity index (χ2n) is 10.9. The molecule has 0 bridgehead atoms. The van der Waals surface area contributed by atoms with Crippen molar-refractivity contribution >= 4 is 44.6 Å². The molecule has 11 nitrogen and oxygen atoms in total. The molecular weight excluding hydrogens is 595 g/mol. The summed E-state index contributed by atoms with van der Waals surface area (Å²) in [6.07, 6.45) is 6.72. The van der Waals surface area contributed by atoms with Crippen molar-refractivity contribution in [3.63, 3.8) is 0 Å². The van der Waals surface area contributed by atoms with Gasteiger partial charge < -0.3 is 10.2 Å². The van der Waals surface area contributed by atoms with E-state index in [0.717, 1.165) is 25.7 Å². The predicted octanol–water partition coefficient (Wildman–Crippen LogP) is 4.91. The molecule has 2 N–H and O–H groups in total. The molecule has 43 heavy (non-hydrogen) atoms. The molecule has 0 spiro atoms. The molecule has 0 aliphatic heterocycles. The third-order valence-corrected chi connectivity index (χ3v) is 9.50. The number of anilines is 2. The van der Waals surface area contributed by atoms with Crippen molar-refractivity contribution in [2.45, 2.75) is 62.6 Å². The van der Waals surface area contributed by atoms with Crippen molar-refractivity contribution < 1.29 is 12.8 Å². The van der Waals surface area contributed by atoms with Crippen molar-refractivity contribution in [1.82, 2.24) is 29.4 Å². The van der Waals surface area contributed by atoms with Crippen LogP contribution in [0.1, 0.15) is 45.6 Å². The first-order valence-electron chi connectivity index (χ1n) is 14.1. The molecule has 0 atom stereocenters. The molecule has 1 aliphatic rings. The number of fused-ring (bicyclic) bond motifs is 1. The highest BCUT2D eigenvalue weighted by molar-refractivity contribution is 7.92. The molecule has 5 rings (SSSR count). The first-order chi connectivity index (χ1) is 20.6. The zero-order valence-corrected chi connectivity index (χ0v) is 25.7. The highest BCUT2D eigenvalue weighted by atomic mass is 35.5. The lowest BCUT2D eigenvalue weighted by Crippen LogP contribution is -2.39. The summed E-state index contributed by atoms with van der Waals surface area (Å²) in [5.41, 5.74) is 1.06. The van der Waals surface area contributed by atoms with Crippen molar-refractivity contribution in [2.24, 2.45) is 0 Å². The first-order valence-corrected chi connectivity index (χ1v) is 16.0. The third kappa shape index (κ3) is 6.78. The van der Waals surface area contributed by atoms with E-state index in [-0.39, 0.29) is 45.7 Å². The predicted molar refractivity (Wildman–Crippen MR) is 166 cm³/mol. The normalized spacial score (nSPS) is 17.5. The number of halogens is 2. The van der Waals surface area contributed by atoms with E-state index in [1.807, 2.05) is 20.9 Å². The van der Waals surface area contributed by atoms with Gasteiger partial charge in [-0.3, -0.25) is 14.1 Å². The lowest BCUT2D eigenvalue weighted by molar-refractivity contribution is 0.174. The van der Waals surface area contributed by atoms with Gasteiger partial charge in [0, 0.05) is 36.4 Å². The zero-order chi connectivity index (χ0) is 30.7. The van der Waals surface area contributed by atoms with E-state index in [1.165, 1.54) is 24.4 Å². The molecule has 1 saturated carbocycles. The lowest BCUT2D eigenvalue weighted by atomic mass is 9.90. The molecule has 4 aromatic rings. The highest BCUT2D eigenvalue weighted by Crippen LogP contribution is 2.26. The number of nitrogens with zero attached hydrogens (tertiary/aromatic N) is 6. The Kier molecular flexibility index (Phi) is 9.23. The number of benzene rings is 1. The van der Waals surface area contributed by atoms with Gasteiger partial charge in [-0.2, -0.15) is 4.98 Å². The molecule has 1 fully saturated rings. The Bertz CT molecular complexity index is 1760. The van der Waals surface area contributed by atoms with Crippen molar-refractivity contribution in [1.29, 1.82) is 0 Å². The summed E-state index contributed by atoms with van der Waals surface area (Å²) in [5, 5.41) is 3.49. The van der Waals surface area contributed by atoms with Crippen molar-refractivity contribution in [3.05, 3.63) is 64.2 Å². The minimum Gasteiger partial charge on any atom is -0.351 e. The minimum absolute atomic E-state index is 0.0655. The molecular formula is C29H34ClFN8O3S. The Morgan fingerprint density at radius 2 is 1.81 bits per heavy atom. The number of sulfonamides is 1. The Morgan fingerprint density at radius 1 is 1.07 bits per heavy atom. The SMILES string of the molecule is CC(C)n1c(=O)c(-c2ccc(NS(=O)(=O)c3ccccc3Cl)nc2)nc2cnc(NC3CCC(N(C)CCF)CC3)nc21. The van der Waals surface area contributed by atoms with Crippen molar-refractivity contribution in [2.75, 3.05) is 30.3 Å². The summed E-state index contributed by atoms with van der Waals surface area (Å²) in [4.78, 5) is 33.6. The van der Waals surface area contributed by atoms with Gasteiger partial charge in [-0.05, 0) is 70.8 Å². The second-order valence-corrected chi connectivity index (χ2v) is 13.0.